The molecule has 1 rings (SSSR count). The average Bonchev–Trinajstić information content (AvgIpc) is 1.96. The molecule has 0 radical (unpaired) electrons. The molecule has 0 saturated heterocycles. The van der Waals surface area contributed by atoms with Gasteiger partial charge in [0.25, 0.3) is 0 Å². The van der Waals surface area contributed by atoms with Crippen LogP contribution in [0.25, 0.3) is 0 Å². The minimum absolute atomic E-state index is 0.248. The van der Waals surface area contributed by atoms with Gasteiger partial charge in [0, 0.05) is 19.4 Å². The number of aliphatic hydroxyl groups is 1. The summed E-state index contributed by atoms with van der Waals surface area (Å²) >= 11 is 0. The van der Waals surface area contributed by atoms with Gasteiger partial charge in [0.1, 0.15) is 5.78 Å². The molecule has 0 aromatic rings. The van der Waals surface area contributed by atoms with Gasteiger partial charge in [-0.2, -0.15) is 0 Å². The van der Waals surface area contributed by atoms with E-state index in [1.165, 1.54) is 0 Å². The molecule has 1 aliphatic rings. The Morgan fingerprint density at radius 1 is 1.50 bits per heavy atom. The maximum absolute atomic E-state index is 10.7. The van der Waals surface area contributed by atoms with E-state index in [9.17, 15) is 9.90 Å². The Bertz CT molecular complexity index is 135. The smallest absolute Gasteiger partial charge is 0.133 e. The lowest BCUT2D eigenvalue weighted by atomic mass is 9.84. The van der Waals surface area contributed by atoms with Gasteiger partial charge in [-0.15, -0.1) is 0 Å². The Kier molecular flexibility index (Phi) is 2.06. The maximum atomic E-state index is 10.7. The number of hydrogen-bond donors (Lipinski definition) is 2. The van der Waals surface area contributed by atoms with Crippen LogP contribution in [0.4, 0.5) is 0 Å². The summed E-state index contributed by atoms with van der Waals surface area (Å²) in [6, 6.07) is 0. The molecule has 58 valence electrons. The summed E-state index contributed by atoms with van der Waals surface area (Å²) in [7, 11) is 0. The first-order valence-corrected chi connectivity index (χ1v) is 3.60. The highest BCUT2D eigenvalue weighted by molar-refractivity contribution is 5.79. The zero-order chi connectivity index (χ0) is 7.61. The van der Waals surface area contributed by atoms with E-state index < -0.39 is 5.60 Å². The lowest BCUT2D eigenvalue weighted by molar-refractivity contribution is -0.124. The number of carbonyl (C=O) groups excluding carboxylic acids is 1. The average molecular weight is 143 g/mol. The van der Waals surface area contributed by atoms with Crippen LogP contribution in [-0.4, -0.2) is 23.0 Å². The van der Waals surface area contributed by atoms with Crippen molar-refractivity contribution >= 4 is 5.78 Å². The SMILES string of the molecule is NCC1(O)CCC(=O)CC1. The molecule has 0 bridgehead atoms. The third-order valence-corrected chi connectivity index (χ3v) is 2.12. The van der Waals surface area contributed by atoms with Gasteiger partial charge < -0.3 is 10.8 Å². The molecule has 0 aromatic carbocycles. The second-order valence-corrected chi connectivity index (χ2v) is 2.97. The Hall–Kier alpha value is -0.410. The zero-order valence-electron chi connectivity index (χ0n) is 5.97. The van der Waals surface area contributed by atoms with Crippen molar-refractivity contribution in [3.05, 3.63) is 0 Å². The van der Waals surface area contributed by atoms with Crippen molar-refractivity contribution in [1.29, 1.82) is 0 Å². The highest BCUT2D eigenvalue weighted by Crippen LogP contribution is 2.24. The molecular weight excluding hydrogens is 130 g/mol. The van der Waals surface area contributed by atoms with E-state index in [2.05, 4.69) is 0 Å². The van der Waals surface area contributed by atoms with Gasteiger partial charge in [-0.3, -0.25) is 4.79 Å². The van der Waals surface area contributed by atoms with E-state index in [0.29, 0.717) is 25.7 Å². The van der Waals surface area contributed by atoms with Crippen molar-refractivity contribution in [1.82, 2.24) is 0 Å². The molecule has 0 heterocycles. The number of ketones is 1. The number of Topliss-reactive ketones (excluding diaryl/α,β-unsaturated/α-hetero) is 1. The fourth-order valence-corrected chi connectivity index (χ4v) is 1.20. The minimum atomic E-state index is -0.742. The second-order valence-electron chi connectivity index (χ2n) is 2.97. The van der Waals surface area contributed by atoms with Crippen LogP contribution in [0.5, 0.6) is 0 Å². The predicted octanol–water partition coefficient (Wildman–Crippen LogP) is -0.181. The first kappa shape index (κ1) is 7.69. The van der Waals surface area contributed by atoms with E-state index in [1.54, 1.807) is 0 Å². The first-order chi connectivity index (χ1) is 4.66. The zero-order valence-corrected chi connectivity index (χ0v) is 5.97. The summed E-state index contributed by atoms with van der Waals surface area (Å²) in [5.74, 6) is 0.248. The number of carbonyl (C=O) groups is 1. The van der Waals surface area contributed by atoms with Crippen LogP contribution in [0.1, 0.15) is 25.7 Å². The topological polar surface area (TPSA) is 63.3 Å². The Balaban J connectivity index is 2.46. The number of rotatable bonds is 1. The van der Waals surface area contributed by atoms with Crippen molar-refractivity contribution in [2.75, 3.05) is 6.54 Å². The van der Waals surface area contributed by atoms with Crippen LogP contribution >= 0.6 is 0 Å². The second kappa shape index (κ2) is 2.68. The Morgan fingerprint density at radius 2 is 2.00 bits per heavy atom. The Morgan fingerprint density at radius 3 is 2.40 bits per heavy atom. The van der Waals surface area contributed by atoms with Gasteiger partial charge in [0.15, 0.2) is 0 Å². The molecule has 3 nitrogen and oxygen atoms in total. The molecular formula is C7H13NO2. The molecule has 1 fully saturated rings. The summed E-state index contributed by atoms with van der Waals surface area (Å²) < 4.78 is 0. The highest BCUT2D eigenvalue weighted by Gasteiger charge is 2.30. The van der Waals surface area contributed by atoms with Crippen molar-refractivity contribution in [2.45, 2.75) is 31.3 Å². The number of nitrogens with two attached hydrogens (primary N) is 1. The van der Waals surface area contributed by atoms with Crippen LogP contribution in [0.3, 0.4) is 0 Å². The largest absolute Gasteiger partial charge is 0.389 e. The van der Waals surface area contributed by atoms with Gasteiger partial charge in [-0.1, -0.05) is 0 Å². The first-order valence-electron chi connectivity index (χ1n) is 3.60. The fourth-order valence-electron chi connectivity index (χ4n) is 1.20. The van der Waals surface area contributed by atoms with Crippen molar-refractivity contribution in [3.8, 4) is 0 Å². The maximum Gasteiger partial charge on any atom is 0.133 e. The monoisotopic (exact) mass is 143 g/mol. The third kappa shape index (κ3) is 1.55. The van der Waals surface area contributed by atoms with E-state index in [0.717, 1.165) is 0 Å². The molecule has 0 aromatic heterocycles. The highest BCUT2D eigenvalue weighted by atomic mass is 16.3. The molecule has 0 aliphatic heterocycles. The summed E-state index contributed by atoms with van der Waals surface area (Å²) in [5, 5.41) is 9.52. The van der Waals surface area contributed by atoms with Crippen LogP contribution in [0, 0.1) is 0 Å². The molecule has 0 spiro atoms. The van der Waals surface area contributed by atoms with Crippen LogP contribution in [0.15, 0.2) is 0 Å². The molecule has 0 atom stereocenters. The van der Waals surface area contributed by atoms with Crippen LogP contribution in [-0.2, 0) is 4.79 Å². The normalized spacial score (nSPS) is 24.8. The van der Waals surface area contributed by atoms with E-state index in [1.807, 2.05) is 0 Å². The van der Waals surface area contributed by atoms with Crippen LogP contribution in [0.2, 0.25) is 0 Å². The fraction of sp³-hybridized carbons (Fsp3) is 0.857. The standard InChI is InChI=1S/C7H13NO2/c8-5-7(10)3-1-6(9)2-4-7/h10H,1-5,8H2. The lowest BCUT2D eigenvalue weighted by Crippen LogP contribution is -2.41. The van der Waals surface area contributed by atoms with Crippen LogP contribution < -0.4 is 5.73 Å². The van der Waals surface area contributed by atoms with E-state index in [-0.39, 0.29) is 12.3 Å². The van der Waals surface area contributed by atoms with Gasteiger partial charge in [-0.05, 0) is 12.8 Å². The summed E-state index contributed by atoms with van der Waals surface area (Å²) in [5.41, 5.74) is 4.58. The molecule has 10 heavy (non-hydrogen) atoms. The molecule has 1 aliphatic carbocycles. The molecule has 0 unspecified atom stereocenters. The molecule has 3 N–H and O–H groups in total. The van der Waals surface area contributed by atoms with Crippen molar-refractivity contribution < 1.29 is 9.90 Å². The third-order valence-electron chi connectivity index (χ3n) is 2.12. The van der Waals surface area contributed by atoms with Gasteiger partial charge in [-0.25, -0.2) is 0 Å². The van der Waals surface area contributed by atoms with Crippen molar-refractivity contribution in [3.63, 3.8) is 0 Å². The van der Waals surface area contributed by atoms with E-state index >= 15 is 0 Å². The quantitative estimate of drug-likeness (QED) is 0.535. The van der Waals surface area contributed by atoms with Gasteiger partial charge in [0.2, 0.25) is 0 Å². The molecule has 0 amide bonds. The summed E-state index contributed by atoms with van der Waals surface area (Å²) in [4.78, 5) is 10.7. The Labute approximate surface area is 60.2 Å². The van der Waals surface area contributed by atoms with Gasteiger partial charge >= 0.3 is 0 Å². The molecule has 1 saturated carbocycles. The summed E-state index contributed by atoms with van der Waals surface area (Å²) in [6.45, 7) is 0.278. The molecule has 3 heteroatoms. The lowest BCUT2D eigenvalue weighted by Gasteiger charge is -2.29. The summed E-state index contributed by atoms with van der Waals surface area (Å²) in [6.07, 6.45) is 2.08. The number of hydrogen-bond acceptors (Lipinski definition) is 3. The van der Waals surface area contributed by atoms with Gasteiger partial charge in [0.05, 0.1) is 5.60 Å². The predicted molar refractivity (Wildman–Crippen MR) is 37.5 cm³/mol. The van der Waals surface area contributed by atoms with Crippen molar-refractivity contribution in [2.24, 2.45) is 5.73 Å². The minimum Gasteiger partial charge on any atom is -0.389 e. The van der Waals surface area contributed by atoms with E-state index in [4.69, 9.17) is 5.73 Å².